The van der Waals surface area contributed by atoms with Gasteiger partial charge in [0.05, 0.1) is 6.61 Å². The zero-order chi connectivity index (χ0) is 14.5. The first kappa shape index (κ1) is 14.0. The Morgan fingerprint density at radius 3 is 3.00 bits per heavy atom. The molecular weight excluding hydrogens is 268 g/mol. The first-order valence-corrected chi connectivity index (χ1v) is 7.50. The van der Waals surface area contributed by atoms with Crippen molar-refractivity contribution in [1.82, 2.24) is 0 Å². The average molecular weight is 288 g/mol. The molecular formula is C17H20O4. The lowest BCUT2D eigenvalue weighted by molar-refractivity contribution is -0.145. The molecule has 0 amide bonds. The molecule has 0 aromatic heterocycles. The molecule has 0 N–H and O–H groups in total. The smallest absolute Gasteiger partial charge is 0.306 e. The number of rotatable bonds is 5. The van der Waals surface area contributed by atoms with Gasteiger partial charge in [0.1, 0.15) is 0 Å². The van der Waals surface area contributed by atoms with Crippen LogP contribution in [-0.2, 0) is 16.0 Å². The lowest BCUT2D eigenvalue weighted by Gasteiger charge is -2.17. The Morgan fingerprint density at radius 1 is 1.24 bits per heavy atom. The van der Waals surface area contributed by atoms with Crippen molar-refractivity contribution in [1.29, 1.82) is 0 Å². The van der Waals surface area contributed by atoms with E-state index in [9.17, 15) is 4.79 Å². The quantitative estimate of drug-likeness (QED) is 0.616. The fourth-order valence-electron chi connectivity index (χ4n) is 2.63. The third kappa shape index (κ3) is 3.78. The maximum atomic E-state index is 11.8. The van der Waals surface area contributed by atoms with Crippen LogP contribution in [0.25, 0.3) is 0 Å². The van der Waals surface area contributed by atoms with Crippen LogP contribution in [0.1, 0.15) is 31.2 Å². The molecule has 1 aliphatic heterocycles. The summed E-state index contributed by atoms with van der Waals surface area (Å²) in [5, 5.41) is 0. The van der Waals surface area contributed by atoms with Gasteiger partial charge in [0.2, 0.25) is 6.79 Å². The van der Waals surface area contributed by atoms with Crippen molar-refractivity contribution < 1.29 is 19.0 Å². The topological polar surface area (TPSA) is 44.8 Å². The second kappa shape index (κ2) is 6.66. The fraction of sp³-hybridized carbons (Fsp3) is 0.471. The van der Waals surface area contributed by atoms with Crippen molar-refractivity contribution in [2.24, 2.45) is 5.92 Å². The van der Waals surface area contributed by atoms with E-state index in [1.165, 1.54) is 0 Å². The molecule has 1 aromatic carbocycles. The van der Waals surface area contributed by atoms with Crippen LogP contribution in [-0.4, -0.2) is 19.4 Å². The van der Waals surface area contributed by atoms with Crippen LogP contribution in [0, 0.1) is 5.92 Å². The second-order valence-corrected chi connectivity index (χ2v) is 5.52. The van der Waals surface area contributed by atoms with Crippen LogP contribution in [0.5, 0.6) is 11.5 Å². The average Bonchev–Trinajstić information content (AvgIpc) is 2.99. The van der Waals surface area contributed by atoms with E-state index >= 15 is 0 Å². The molecule has 4 heteroatoms. The number of fused-ring (bicyclic) bond motifs is 1. The molecule has 0 saturated heterocycles. The highest BCUT2D eigenvalue weighted by atomic mass is 16.7. The summed E-state index contributed by atoms with van der Waals surface area (Å²) >= 11 is 0. The molecule has 1 aromatic rings. The van der Waals surface area contributed by atoms with Crippen LogP contribution in [0.4, 0.5) is 0 Å². The van der Waals surface area contributed by atoms with Gasteiger partial charge in [-0.3, -0.25) is 4.79 Å². The second-order valence-electron chi connectivity index (χ2n) is 5.52. The summed E-state index contributed by atoms with van der Waals surface area (Å²) in [4.78, 5) is 11.8. The predicted octanol–water partition coefficient (Wildman–Crippen LogP) is 3.25. The summed E-state index contributed by atoms with van der Waals surface area (Å²) in [6, 6.07) is 5.78. The van der Waals surface area contributed by atoms with E-state index in [0.29, 0.717) is 25.4 Å². The molecule has 21 heavy (non-hydrogen) atoms. The highest BCUT2D eigenvalue weighted by molar-refractivity contribution is 5.69. The minimum atomic E-state index is -0.123. The van der Waals surface area contributed by atoms with Gasteiger partial charge in [-0.1, -0.05) is 18.2 Å². The molecule has 1 unspecified atom stereocenters. The zero-order valence-corrected chi connectivity index (χ0v) is 12.0. The lowest BCUT2D eigenvalue weighted by atomic mass is 9.95. The van der Waals surface area contributed by atoms with Crippen LogP contribution < -0.4 is 9.47 Å². The molecule has 0 bridgehead atoms. The Labute approximate surface area is 124 Å². The minimum absolute atomic E-state index is 0.123. The number of hydrogen-bond acceptors (Lipinski definition) is 4. The molecule has 4 nitrogen and oxygen atoms in total. The number of ether oxygens (including phenoxy) is 3. The van der Waals surface area contributed by atoms with Gasteiger partial charge in [0.25, 0.3) is 0 Å². The molecule has 0 saturated carbocycles. The highest BCUT2D eigenvalue weighted by Gasteiger charge is 2.15. The minimum Gasteiger partial charge on any atom is -0.465 e. The highest BCUT2D eigenvalue weighted by Crippen LogP contribution is 2.32. The Morgan fingerprint density at radius 2 is 2.14 bits per heavy atom. The summed E-state index contributed by atoms with van der Waals surface area (Å²) < 4.78 is 16.0. The van der Waals surface area contributed by atoms with E-state index in [4.69, 9.17) is 14.2 Å². The largest absolute Gasteiger partial charge is 0.465 e. The molecule has 1 atom stereocenters. The van der Waals surface area contributed by atoms with Crippen molar-refractivity contribution in [3.8, 4) is 11.5 Å². The van der Waals surface area contributed by atoms with E-state index in [-0.39, 0.29) is 12.8 Å². The molecule has 0 radical (unpaired) electrons. The van der Waals surface area contributed by atoms with Crippen LogP contribution >= 0.6 is 0 Å². The van der Waals surface area contributed by atoms with Crippen LogP contribution in [0.2, 0.25) is 0 Å². The van der Waals surface area contributed by atoms with Gasteiger partial charge in [-0.05, 0) is 49.3 Å². The Hall–Kier alpha value is -1.97. The Kier molecular flexibility index (Phi) is 4.43. The van der Waals surface area contributed by atoms with Crippen LogP contribution in [0.3, 0.4) is 0 Å². The molecule has 0 spiro atoms. The lowest BCUT2D eigenvalue weighted by Crippen LogP contribution is -2.15. The summed E-state index contributed by atoms with van der Waals surface area (Å²) in [6.07, 6.45) is 8.68. The van der Waals surface area contributed by atoms with E-state index in [1.807, 2.05) is 18.2 Å². The third-order valence-corrected chi connectivity index (χ3v) is 3.91. The van der Waals surface area contributed by atoms with Crippen molar-refractivity contribution in [2.45, 2.75) is 32.1 Å². The molecule has 1 heterocycles. The maximum absolute atomic E-state index is 11.8. The number of esters is 1. The SMILES string of the molecule is O=C(CCc1ccc2c(c1)OCO2)OCC1CC=CCC1. The van der Waals surface area contributed by atoms with Gasteiger partial charge in [0.15, 0.2) is 11.5 Å². The Balaban J connectivity index is 1.42. The molecule has 112 valence electrons. The number of aryl methyl sites for hydroxylation is 1. The summed E-state index contributed by atoms with van der Waals surface area (Å²) in [5.74, 6) is 1.90. The third-order valence-electron chi connectivity index (χ3n) is 3.91. The van der Waals surface area contributed by atoms with Gasteiger partial charge in [-0.25, -0.2) is 0 Å². The van der Waals surface area contributed by atoms with E-state index in [2.05, 4.69) is 12.2 Å². The summed E-state index contributed by atoms with van der Waals surface area (Å²) in [5.41, 5.74) is 1.07. The van der Waals surface area contributed by atoms with E-state index in [1.54, 1.807) is 0 Å². The van der Waals surface area contributed by atoms with Gasteiger partial charge < -0.3 is 14.2 Å². The number of allylic oxidation sites excluding steroid dienone is 2. The standard InChI is InChI=1S/C17H20O4/c18-17(19-11-14-4-2-1-3-5-14)9-7-13-6-8-15-16(10-13)21-12-20-15/h1-2,6,8,10,14H,3-5,7,9,11-12H2. The molecule has 0 fully saturated rings. The Bertz CT molecular complexity index is 536. The van der Waals surface area contributed by atoms with Crippen molar-refractivity contribution >= 4 is 5.97 Å². The maximum Gasteiger partial charge on any atom is 0.306 e. The normalized spacial score (nSPS) is 19.5. The van der Waals surface area contributed by atoms with Crippen LogP contribution in [0.15, 0.2) is 30.4 Å². The number of benzene rings is 1. The number of carbonyl (C=O) groups is 1. The van der Waals surface area contributed by atoms with Gasteiger partial charge in [-0.15, -0.1) is 0 Å². The summed E-state index contributed by atoms with van der Waals surface area (Å²) in [6.45, 7) is 0.820. The number of carbonyl (C=O) groups excluding carboxylic acids is 1. The monoisotopic (exact) mass is 288 g/mol. The molecule has 2 aliphatic rings. The van der Waals surface area contributed by atoms with Crippen molar-refractivity contribution in [3.05, 3.63) is 35.9 Å². The zero-order valence-electron chi connectivity index (χ0n) is 12.0. The fourth-order valence-corrected chi connectivity index (χ4v) is 2.63. The van der Waals surface area contributed by atoms with Gasteiger partial charge in [-0.2, -0.15) is 0 Å². The van der Waals surface area contributed by atoms with Crippen molar-refractivity contribution in [2.75, 3.05) is 13.4 Å². The van der Waals surface area contributed by atoms with E-state index in [0.717, 1.165) is 36.3 Å². The van der Waals surface area contributed by atoms with Gasteiger partial charge in [0, 0.05) is 6.42 Å². The number of hydrogen-bond donors (Lipinski definition) is 0. The predicted molar refractivity (Wildman–Crippen MR) is 78.3 cm³/mol. The molecule has 3 rings (SSSR count). The van der Waals surface area contributed by atoms with E-state index < -0.39 is 0 Å². The summed E-state index contributed by atoms with van der Waals surface area (Å²) in [7, 11) is 0. The molecule has 1 aliphatic carbocycles. The van der Waals surface area contributed by atoms with Crippen molar-refractivity contribution in [3.63, 3.8) is 0 Å². The first-order chi connectivity index (χ1) is 10.3. The van der Waals surface area contributed by atoms with Gasteiger partial charge >= 0.3 is 5.97 Å². The first-order valence-electron chi connectivity index (χ1n) is 7.50.